The number of hydrogen-bond acceptors (Lipinski definition) is 6. The van der Waals surface area contributed by atoms with Gasteiger partial charge in [-0.1, -0.05) is 0 Å². The van der Waals surface area contributed by atoms with Gasteiger partial charge in [0, 0.05) is 24.3 Å². The maximum Gasteiger partial charge on any atom is 0.327 e. The van der Waals surface area contributed by atoms with Crippen LogP contribution in [0.25, 0.3) is 0 Å². The van der Waals surface area contributed by atoms with Crippen LogP contribution in [0.4, 0.5) is 0 Å². The minimum absolute atomic E-state index is 0.0124. The first-order valence-electron chi connectivity index (χ1n) is 5.92. The van der Waals surface area contributed by atoms with E-state index >= 15 is 0 Å². The Balaban J connectivity index is 4.38. The summed E-state index contributed by atoms with van der Waals surface area (Å²) >= 11 is 7.87. The predicted octanol–water partition coefficient (Wildman–Crippen LogP) is -0.270. The van der Waals surface area contributed by atoms with Crippen molar-refractivity contribution < 1.29 is 19.5 Å². The largest absolute Gasteiger partial charge is 0.480 e. The number of Topliss-reactive ketones (excluding diaryl/α,β-unsaturated/α-hetero) is 1. The number of carboxylic acid groups (broad SMARTS) is 1. The van der Waals surface area contributed by atoms with E-state index in [0.717, 1.165) is 0 Å². The van der Waals surface area contributed by atoms with Crippen molar-refractivity contribution in [2.24, 2.45) is 11.7 Å². The lowest BCUT2D eigenvalue weighted by Crippen LogP contribution is -2.45. The van der Waals surface area contributed by atoms with Gasteiger partial charge in [0.25, 0.3) is 0 Å². The van der Waals surface area contributed by atoms with Gasteiger partial charge in [0.1, 0.15) is 11.8 Å². The Hall–Kier alpha value is -0.730. The van der Waals surface area contributed by atoms with E-state index in [1.165, 1.54) is 0 Å². The average molecular weight is 308 g/mol. The molecule has 110 valence electrons. The van der Waals surface area contributed by atoms with E-state index in [2.05, 4.69) is 30.6 Å². The zero-order chi connectivity index (χ0) is 14.8. The number of carbonyl (C=O) groups excluding carboxylic acids is 2. The van der Waals surface area contributed by atoms with E-state index in [1.54, 1.807) is 0 Å². The minimum atomic E-state index is -1.16. The van der Waals surface area contributed by atoms with Crippen molar-refractivity contribution in [2.45, 2.75) is 25.3 Å². The summed E-state index contributed by atoms with van der Waals surface area (Å²) in [6.07, 6.45) is 0.950. The Morgan fingerprint density at radius 1 is 1.21 bits per heavy atom. The number of carbonyl (C=O) groups is 3. The molecule has 0 aromatic heterocycles. The van der Waals surface area contributed by atoms with Crippen molar-refractivity contribution in [3.05, 3.63) is 0 Å². The molecule has 0 aliphatic carbocycles. The molecule has 19 heavy (non-hydrogen) atoms. The first-order valence-corrected chi connectivity index (χ1v) is 7.19. The van der Waals surface area contributed by atoms with Crippen LogP contribution in [-0.2, 0) is 14.4 Å². The SMILES string of the molecule is NCCCC(=O)C[C@@H](CS)C(=O)N[C@@H](CS)C(=O)O. The Bertz CT molecular complexity index is 326. The van der Waals surface area contributed by atoms with Gasteiger partial charge in [-0.2, -0.15) is 25.3 Å². The highest BCUT2D eigenvalue weighted by Crippen LogP contribution is 2.10. The standard InChI is InChI=1S/C11H20N2O4S2/c12-3-1-2-8(14)4-7(5-18)10(15)13-9(6-19)11(16)17/h7,9,18-19H,1-6,12H2,(H,13,15)(H,16,17)/t7-,9-/m0/s1. The highest BCUT2D eigenvalue weighted by atomic mass is 32.1. The third kappa shape index (κ3) is 7.44. The smallest absolute Gasteiger partial charge is 0.327 e. The van der Waals surface area contributed by atoms with Crippen LogP contribution in [0, 0.1) is 5.92 Å². The van der Waals surface area contributed by atoms with Crippen LogP contribution in [0.3, 0.4) is 0 Å². The number of aliphatic carboxylic acids is 1. The van der Waals surface area contributed by atoms with Crippen LogP contribution in [-0.4, -0.2) is 46.9 Å². The Morgan fingerprint density at radius 3 is 2.26 bits per heavy atom. The van der Waals surface area contributed by atoms with E-state index in [-0.39, 0.29) is 23.7 Å². The van der Waals surface area contributed by atoms with E-state index < -0.39 is 23.8 Å². The normalized spacial score (nSPS) is 13.6. The molecule has 0 saturated heterocycles. The van der Waals surface area contributed by atoms with Gasteiger partial charge in [-0.15, -0.1) is 0 Å². The lowest BCUT2D eigenvalue weighted by Gasteiger charge is -2.17. The first kappa shape index (κ1) is 18.3. The number of rotatable bonds is 10. The molecule has 1 amide bonds. The maximum absolute atomic E-state index is 11.8. The summed E-state index contributed by atoms with van der Waals surface area (Å²) in [5.41, 5.74) is 5.30. The molecule has 0 aliphatic heterocycles. The van der Waals surface area contributed by atoms with Gasteiger partial charge in [-0.3, -0.25) is 9.59 Å². The quantitative estimate of drug-likeness (QED) is 0.357. The van der Waals surface area contributed by atoms with Gasteiger partial charge in [-0.05, 0) is 13.0 Å². The highest BCUT2D eigenvalue weighted by Gasteiger charge is 2.25. The second kappa shape index (κ2) is 10.1. The topological polar surface area (TPSA) is 109 Å². The Labute approximate surface area is 123 Å². The molecule has 8 heteroatoms. The van der Waals surface area contributed by atoms with Crippen LogP contribution < -0.4 is 11.1 Å². The van der Waals surface area contributed by atoms with Gasteiger partial charge in [0.05, 0.1) is 5.92 Å². The monoisotopic (exact) mass is 308 g/mol. The fourth-order valence-corrected chi connectivity index (χ4v) is 1.93. The zero-order valence-corrected chi connectivity index (χ0v) is 12.3. The molecule has 2 atom stereocenters. The van der Waals surface area contributed by atoms with Gasteiger partial charge < -0.3 is 16.2 Å². The van der Waals surface area contributed by atoms with Crippen LogP contribution in [0.1, 0.15) is 19.3 Å². The average Bonchev–Trinajstić information content (AvgIpc) is 2.38. The molecule has 0 spiro atoms. The molecular formula is C11H20N2O4S2. The van der Waals surface area contributed by atoms with Crippen LogP contribution in [0.2, 0.25) is 0 Å². The summed E-state index contributed by atoms with van der Waals surface area (Å²) in [5.74, 6) is -2.18. The third-order valence-electron chi connectivity index (χ3n) is 2.52. The minimum Gasteiger partial charge on any atom is -0.480 e. The Morgan fingerprint density at radius 2 is 1.84 bits per heavy atom. The molecule has 6 nitrogen and oxygen atoms in total. The summed E-state index contributed by atoms with van der Waals surface area (Å²) < 4.78 is 0. The number of carboxylic acids is 1. The van der Waals surface area contributed by atoms with E-state index in [4.69, 9.17) is 10.8 Å². The third-order valence-corrected chi connectivity index (χ3v) is 3.33. The number of thiol groups is 2. The van der Waals surface area contributed by atoms with Crippen molar-refractivity contribution in [1.29, 1.82) is 0 Å². The molecule has 0 bridgehead atoms. The van der Waals surface area contributed by atoms with Crippen molar-refractivity contribution in [2.75, 3.05) is 18.1 Å². The molecule has 0 aromatic rings. The predicted molar refractivity (Wildman–Crippen MR) is 78.7 cm³/mol. The van der Waals surface area contributed by atoms with Gasteiger partial charge in [-0.25, -0.2) is 4.79 Å². The summed E-state index contributed by atoms with van der Waals surface area (Å²) in [4.78, 5) is 34.2. The molecule has 0 aliphatic rings. The lowest BCUT2D eigenvalue weighted by atomic mass is 10.0. The first-order chi connectivity index (χ1) is 8.96. The summed E-state index contributed by atoms with van der Waals surface area (Å²) in [5, 5.41) is 11.1. The van der Waals surface area contributed by atoms with Crippen molar-refractivity contribution in [3.63, 3.8) is 0 Å². The van der Waals surface area contributed by atoms with Crippen molar-refractivity contribution >= 4 is 42.9 Å². The number of ketones is 1. The number of amides is 1. The van der Waals surface area contributed by atoms with Crippen LogP contribution in [0.5, 0.6) is 0 Å². The molecule has 4 N–H and O–H groups in total. The highest BCUT2D eigenvalue weighted by molar-refractivity contribution is 7.80. The molecule has 0 fully saturated rings. The second-order valence-electron chi connectivity index (χ2n) is 4.10. The summed E-state index contributed by atoms with van der Waals surface area (Å²) in [6.45, 7) is 0.421. The summed E-state index contributed by atoms with van der Waals surface area (Å²) in [6, 6.07) is -1.06. The molecular weight excluding hydrogens is 288 g/mol. The van der Waals surface area contributed by atoms with E-state index in [0.29, 0.717) is 19.4 Å². The molecule has 0 unspecified atom stereocenters. The van der Waals surface area contributed by atoms with Crippen molar-refractivity contribution in [1.82, 2.24) is 5.32 Å². The molecule has 0 rings (SSSR count). The second-order valence-corrected chi connectivity index (χ2v) is 4.83. The maximum atomic E-state index is 11.8. The van der Waals surface area contributed by atoms with Crippen LogP contribution in [0.15, 0.2) is 0 Å². The van der Waals surface area contributed by atoms with Gasteiger partial charge in [0.15, 0.2) is 0 Å². The van der Waals surface area contributed by atoms with Gasteiger partial charge >= 0.3 is 5.97 Å². The summed E-state index contributed by atoms with van der Waals surface area (Å²) in [7, 11) is 0. The lowest BCUT2D eigenvalue weighted by molar-refractivity contribution is -0.141. The van der Waals surface area contributed by atoms with Gasteiger partial charge in [0.2, 0.25) is 5.91 Å². The number of nitrogens with two attached hydrogens (primary N) is 1. The number of nitrogens with one attached hydrogen (secondary N) is 1. The molecule has 0 saturated carbocycles. The molecule has 0 radical (unpaired) electrons. The number of hydrogen-bond donors (Lipinski definition) is 5. The van der Waals surface area contributed by atoms with Crippen LogP contribution >= 0.6 is 25.3 Å². The van der Waals surface area contributed by atoms with E-state index in [1.807, 2.05) is 0 Å². The van der Waals surface area contributed by atoms with E-state index in [9.17, 15) is 14.4 Å². The molecule has 0 heterocycles. The molecule has 0 aromatic carbocycles. The van der Waals surface area contributed by atoms with Crippen molar-refractivity contribution in [3.8, 4) is 0 Å². The Kier molecular flexibility index (Phi) is 9.72. The zero-order valence-electron chi connectivity index (χ0n) is 10.5. The fraction of sp³-hybridized carbons (Fsp3) is 0.727. The fourth-order valence-electron chi connectivity index (χ4n) is 1.39.